The van der Waals surface area contributed by atoms with Gasteiger partial charge in [-0.3, -0.25) is 18.7 Å². The van der Waals surface area contributed by atoms with Gasteiger partial charge in [0.2, 0.25) is 0 Å². The maximum Gasteiger partial charge on any atom is 0.332 e. The molecule has 134 valence electrons. The Morgan fingerprint density at radius 3 is 2.44 bits per heavy atom. The number of aliphatic carboxylic acids is 1. The van der Waals surface area contributed by atoms with Crippen molar-refractivity contribution >= 4 is 22.9 Å². The maximum absolute atomic E-state index is 12.3. The van der Waals surface area contributed by atoms with Gasteiger partial charge in [0.15, 0.2) is 0 Å². The summed E-state index contributed by atoms with van der Waals surface area (Å²) < 4.78 is 2.13. The monoisotopic (exact) mass is 348 g/mol. The van der Waals surface area contributed by atoms with Crippen LogP contribution in [0.15, 0.2) is 21.9 Å². The van der Waals surface area contributed by atoms with Crippen molar-refractivity contribution in [2.75, 3.05) is 0 Å². The van der Waals surface area contributed by atoms with E-state index in [0.717, 1.165) is 4.57 Å². The van der Waals surface area contributed by atoms with E-state index in [0.29, 0.717) is 0 Å². The number of amides is 1. The zero-order chi connectivity index (χ0) is 18.9. The number of fused-ring (bicyclic) bond motifs is 1. The summed E-state index contributed by atoms with van der Waals surface area (Å²) in [4.78, 5) is 51.8. The molecule has 9 heteroatoms. The van der Waals surface area contributed by atoms with Gasteiger partial charge in [0.05, 0.1) is 10.9 Å². The fourth-order valence-electron chi connectivity index (χ4n) is 2.52. The number of nitrogens with one attached hydrogen (secondary N) is 1. The van der Waals surface area contributed by atoms with Gasteiger partial charge in [-0.15, -0.1) is 0 Å². The SMILES string of the molecule is CC(C)CC(NC(=O)c1cnc2c(c1)c(=O)n(C)c(=O)n2C)C(=O)O. The second-order valence-corrected chi connectivity index (χ2v) is 6.29. The zero-order valence-corrected chi connectivity index (χ0v) is 14.4. The van der Waals surface area contributed by atoms with E-state index in [9.17, 15) is 24.3 Å². The van der Waals surface area contributed by atoms with E-state index in [4.69, 9.17) is 0 Å². The number of pyridine rings is 1. The predicted octanol–water partition coefficient (Wildman–Crippen LogP) is -0.139. The molecule has 9 nitrogen and oxygen atoms in total. The van der Waals surface area contributed by atoms with Crippen LogP contribution >= 0.6 is 0 Å². The number of hydrogen-bond acceptors (Lipinski definition) is 5. The highest BCUT2D eigenvalue weighted by atomic mass is 16.4. The van der Waals surface area contributed by atoms with Crippen molar-refractivity contribution in [2.24, 2.45) is 20.0 Å². The highest BCUT2D eigenvalue weighted by Crippen LogP contribution is 2.10. The van der Waals surface area contributed by atoms with Crippen molar-refractivity contribution in [3.8, 4) is 0 Å². The van der Waals surface area contributed by atoms with E-state index >= 15 is 0 Å². The molecule has 0 saturated carbocycles. The Labute approximate surface area is 142 Å². The van der Waals surface area contributed by atoms with Crippen LogP contribution in [0.4, 0.5) is 0 Å². The summed E-state index contributed by atoms with van der Waals surface area (Å²) in [7, 11) is 2.81. The van der Waals surface area contributed by atoms with Crippen molar-refractivity contribution in [2.45, 2.75) is 26.3 Å². The lowest BCUT2D eigenvalue weighted by molar-refractivity contribution is -0.139. The molecule has 1 amide bonds. The average molecular weight is 348 g/mol. The average Bonchev–Trinajstić information content (AvgIpc) is 2.56. The van der Waals surface area contributed by atoms with Crippen LogP contribution in [0.5, 0.6) is 0 Å². The maximum atomic E-state index is 12.3. The van der Waals surface area contributed by atoms with E-state index in [2.05, 4.69) is 10.3 Å². The zero-order valence-electron chi connectivity index (χ0n) is 14.4. The minimum atomic E-state index is -1.13. The second-order valence-electron chi connectivity index (χ2n) is 6.29. The molecular formula is C16H20N4O5. The van der Waals surface area contributed by atoms with Crippen LogP contribution in [-0.2, 0) is 18.9 Å². The quantitative estimate of drug-likeness (QED) is 0.775. The number of aromatic nitrogens is 3. The van der Waals surface area contributed by atoms with Crippen molar-refractivity contribution in [1.29, 1.82) is 0 Å². The lowest BCUT2D eigenvalue weighted by Crippen LogP contribution is -2.42. The van der Waals surface area contributed by atoms with Crippen LogP contribution in [0.25, 0.3) is 11.0 Å². The summed E-state index contributed by atoms with van der Waals surface area (Å²) in [6, 6.07) is 0.277. The summed E-state index contributed by atoms with van der Waals surface area (Å²) >= 11 is 0. The lowest BCUT2D eigenvalue weighted by Gasteiger charge is -2.16. The molecule has 2 rings (SSSR count). The van der Waals surface area contributed by atoms with Crippen molar-refractivity contribution in [3.63, 3.8) is 0 Å². The Kier molecular flexibility index (Phi) is 5.05. The van der Waals surface area contributed by atoms with Gasteiger partial charge in [-0.2, -0.15) is 0 Å². The van der Waals surface area contributed by atoms with Crippen LogP contribution in [0.2, 0.25) is 0 Å². The molecule has 0 bridgehead atoms. The van der Waals surface area contributed by atoms with Crippen LogP contribution in [-0.4, -0.2) is 37.1 Å². The van der Waals surface area contributed by atoms with E-state index in [-0.39, 0.29) is 28.9 Å². The van der Waals surface area contributed by atoms with Gasteiger partial charge < -0.3 is 10.4 Å². The molecule has 0 aliphatic heterocycles. The molecule has 0 aliphatic carbocycles. The lowest BCUT2D eigenvalue weighted by atomic mass is 10.0. The molecule has 1 atom stereocenters. The van der Waals surface area contributed by atoms with E-state index < -0.39 is 29.2 Å². The molecule has 2 aromatic rings. The Hall–Kier alpha value is -2.97. The van der Waals surface area contributed by atoms with Crippen molar-refractivity contribution < 1.29 is 14.7 Å². The Morgan fingerprint density at radius 1 is 1.24 bits per heavy atom. The highest BCUT2D eigenvalue weighted by Gasteiger charge is 2.22. The first-order valence-electron chi connectivity index (χ1n) is 7.73. The topological polar surface area (TPSA) is 123 Å². The predicted molar refractivity (Wildman–Crippen MR) is 90.6 cm³/mol. The minimum absolute atomic E-state index is 0.0539. The molecular weight excluding hydrogens is 328 g/mol. The molecule has 0 aromatic carbocycles. The largest absolute Gasteiger partial charge is 0.480 e. The number of carbonyl (C=O) groups excluding carboxylic acids is 1. The second kappa shape index (κ2) is 6.88. The number of carboxylic acids is 1. The summed E-state index contributed by atoms with van der Waals surface area (Å²) in [5.41, 5.74) is -0.887. The fraction of sp³-hybridized carbons (Fsp3) is 0.438. The number of carbonyl (C=O) groups is 2. The van der Waals surface area contributed by atoms with E-state index in [1.165, 1.54) is 30.9 Å². The van der Waals surface area contributed by atoms with Gasteiger partial charge in [-0.1, -0.05) is 13.8 Å². The third-order valence-corrected chi connectivity index (χ3v) is 3.87. The molecule has 2 heterocycles. The first kappa shape index (κ1) is 18.4. The molecule has 2 N–H and O–H groups in total. The smallest absolute Gasteiger partial charge is 0.332 e. The normalized spacial score (nSPS) is 12.4. The standard InChI is InChI=1S/C16H20N4O5/c1-8(2)5-11(15(23)24)18-13(21)9-6-10-12(17-7-9)19(3)16(25)20(4)14(10)22/h6-8,11H,5H2,1-4H3,(H,18,21)(H,23,24). The van der Waals surface area contributed by atoms with Gasteiger partial charge in [-0.05, 0) is 18.4 Å². The third kappa shape index (κ3) is 3.59. The number of aryl methyl sites for hydroxylation is 1. The number of rotatable bonds is 5. The summed E-state index contributed by atoms with van der Waals surface area (Å²) in [5, 5.41) is 11.8. The molecule has 0 aliphatic rings. The van der Waals surface area contributed by atoms with Crippen LogP contribution < -0.4 is 16.6 Å². The number of hydrogen-bond donors (Lipinski definition) is 2. The molecule has 25 heavy (non-hydrogen) atoms. The van der Waals surface area contributed by atoms with Gasteiger partial charge in [0, 0.05) is 20.3 Å². The van der Waals surface area contributed by atoms with Crippen molar-refractivity contribution in [1.82, 2.24) is 19.4 Å². The van der Waals surface area contributed by atoms with Gasteiger partial charge in [0.25, 0.3) is 11.5 Å². The van der Waals surface area contributed by atoms with Crippen LogP contribution in [0, 0.1) is 5.92 Å². The summed E-state index contributed by atoms with van der Waals surface area (Å²) in [5.74, 6) is -1.69. The van der Waals surface area contributed by atoms with E-state index in [1.807, 2.05) is 13.8 Å². The number of carboxylic acid groups (broad SMARTS) is 1. The molecule has 0 saturated heterocycles. The fourth-order valence-corrected chi connectivity index (χ4v) is 2.52. The first-order valence-corrected chi connectivity index (χ1v) is 7.73. The molecule has 1 unspecified atom stereocenters. The molecule has 0 fully saturated rings. The third-order valence-electron chi connectivity index (χ3n) is 3.87. The summed E-state index contributed by atoms with van der Waals surface area (Å²) in [6.45, 7) is 3.70. The highest BCUT2D eigenvalue weighted by molar-refractivity contribution is 5.98. The first-order chi connectivity index (χ1) is 11.6. The molecule has 2 aromatic heterocycles. The van der Waals surface area contributed by atoms with E-state index in [1.54, 1.807) is 0 Å². The van der Waals surface area contributed by atoms with Gasteiger partial charge in [0.1, 0.15) is 11.7 Å². The Balaban J connectivity index is 2.45. The van der Waals surface area contributed by atoms with Crippen molar-refractivity contribution in [3.05, 3.63) is 38.7 Å². The Morgan fingerprint density at radius 2 is 1.88 bits per heavy atom. The number of nitrogens with zero attached hydrogens (tertiary/aromatic N) is 3. The van der Waals surface area contributed by atoms with Gasteiger partial charge >= 0.3 is 11.7 Å². The molecule has 0 spiro atoms. The van der Waals surface area contributed by atoms with Crippen LogP contribution in [0.1, 0.15) is 30.6 Å². The molecule has 0 radical (unpaired) electrons. The van der Waals surface area contributed by atoms with Crippen LogP contribution in [0.3, 0.4) is 0 Å². The van der Waals surface area contributed by atoms with Gasteiger partial charge in [-0.25, -0.2) is 14.6 Å². The summed E-state index contributed by atoms with van der Waals surface area (Å²) in [6.07, 6.45) is 1.49. The minimum Gasteiger partial charge on any atom is -0.480 e. The Bertz CT molecular complexity index is 957.